The van der Waals surface area contributed by atoms with Crippen LogP contribution < -0.4 is 16.6 Å². The highest BCUT2D eigenvalue weighted by Crippen LogP contribution is 2.51. The summed E-state index contributed by atoms with van der Waals surface area (Å²) in [6.07, 6.45) is 1.53. The van der Waals surface area contributed by atoms with Crippen LogP contribution in [-0.4, -0.2) is 81.7 Å². The van der Waals surface area contributed by atoms with Gasteiger partial charge in [-0.3, -0.25) is 28.6 Å². The molecule has 0 bridgehead atoms. The van der Waals surface area contributed by atoms with Crippen LogP contribution in [0.1, 0.15) is 72.6 Å². The molecular weight excluding hydrogens is 593 g/mol. The first-order valence-electron chi connectivity index (χ1n) is 14.4. The molecule has 14 heteroatoms. The van der Waals surface area contributed by atoms with Gasteiger partial charge in [0.05, 0.1) is 31.7 Å². The van der Waals surface area contributed by atoms with Gasteiger partial charge in [0.15, 0.2) is 11.3 Å². The van der Waals surface area contributed by atoms with Gasteiger partial charge < -0.3 is 19.3 Å². The summed E-state index contributed by atoms with van der Waals surface area (Å²) >= 11 is 1.07. The summed E-state index contributed by atoms with van der Waals surface area (Å²) in [6.45, 7) is 12.2. The second-order valence-electron chi connectivity index (χ2n) is 10.6. The van der Waals surface area contributed by atoms with Crippen molar-refractivity contribution in [1.82, 2.24) is 19.5 Å². The van der Waals surface area contributed by atoms with Gasteiger partial charge >= 0.3 is 5.69 Å². The van der Waals surface area contributed by atoms with Crippen molar-refractivity contribution in [3.05, 3.63) is 32.6 Å². The number of nitrogens with one attached hydrogen (secondary N) is 2. The van der Waals surface area contributed by atoms with E-state index < -0.39 is 31.9 Å². The lowest BCUT2D eigenvalue weighted by Crippen LogP contribution is -2.40. The summed E-state index contributed by atoms with van der Waals surface area (Å²) in [5.41, 5.74) is -1.25. The second-order valence-corrected chi connectivity index (χ2v) is 13.6. The van der Waals surface area contributed by atoms with Crippen molar-refractivity contribution in [3.63, 3.8) is 0 Å². The van der Waals surface area contributed by atoms with E-state index in [2.05, 4.69) is 60.6 Å². The number of rotatable bonds is 15. The number of carbonyl (C=O) groups excluding carboxylic acids is 2. The smallest absolute Gasteiger partial charge is 0.330 e. The third-order valence-corrected chi connectivity index (χ3v) is 10.2. The number of aromatic amines is 1. The Kier molecular flexibility index (Phi) is 15.6. The minimum absolute atomic E-state index is 0.000295. The maximum atomic E-state index is 13.0. The molecule has 1 aliphatic rings. The minimum atomic E-state index is -1.12. The van der Waals surface area contributed by atoms with Gasteiger partial charge in [-0.1, -0.05) is 30.5 Å². The SMILES string of the molecule is CC[C@H]1O[C@@H](n2cc(C#CCNC(=O)CCSC(C)=O)c(=O)[nH]c2=O)[C@@H](OC)C1CP(OCCC#N)N(C(C)C)C(C)C. The molecule has 1 aliphatic heterocycles. The highest BCUT2D eigenvalue weighted by molar-refractivity contribution is 8.13. The third-order valence-electron chi connectivity index (χ3n) is 6.78. The van der Waals surface area contributed by atoms with Gasteiger partial charge in [0.2, 0.25) is 5.91 Å². The number of H-pyrrole nitrogens is 1. The highest BCUT2D eigenvalue weighted by atomic mass is 32.2. The Morgan fingerprint density at radius 1 is 1.28 bits per heavy atom. The number of methoxy groups -OCH3 is 1. The fraction of sp³-hybridized carbons (Fsp3) is 0.690. The van der Waals surface area contributed by atoms with Gasteiger partial charge in [-0.25, -0.2) is 4.79 Å². The Morgan fingerprint density at radius 3 is 2.56 bits per heavy atom. The summed E-state index contributed by atoms with van der Waals surface area (Å²) in [5.74, 6) is 5.46. The Morgan fingerprint density at radius 2 is 1.98 bits per heavy atom. The molecule has 238 valence electrons. The Bertz CT molecular complexity index is 1290. The minimum Gasteiger partial charge on any atom is -0.376 e. The number of hydrogen-bond donors (Lipinski definition) is 2. The van der Waals surface area contributed by atoms with Crippen LogP contribution in [0.2, 0.25) is 0 Å². The quantitative estimate of drug-likeness (QED) is 0.167. The predicted molar refractivity (Wildman–Crippen MR) is 168 cm³/mol. The first kappa shape index (κ1) is 36.7. The van der Waals surface area contributed by atoms with E-state index in [1.807, 2.05) is 6.92 Å². The fourth-order valence-electron chi connectivity index (χ4n) is 5.04. The molecule has 5 atom stereocenters. The Balaban J connectivity index is 2.30. The summed E-state index contributed by atoms with van der Waals surface area (Å²) in [5, 5.41) is 11.6. The molecule has 1 fully saturated rings. The Hall–Kier alpha value is -2.51. The lowest BCUT2D eigenvalue weighted by atomic mass is 9.98. The zero-order valence-electron chi connectivity index (χ0n) is 26.0. The van der Waals surface area contributed by atoms with Crippen LogP contribution >= 0.6 is 20.1 Å². The number of amides is 1. The molecule has 1 aromatic heterocycles. The van der Waals surface area contributed by atoms with E-state index in [1.54, 1.807) is 7.11 Å². The van der Waals surface area contributed by atoms with Gasteiger partial charge in [0.25, 0.3) is 5.56 Å². The molecule has 0 saturated carbocycles. The van der Waals surface area contributed by atoms with E-state index in [0.29, 0.717) is 24.9 Å². The Labute approximate surface area is 259 Å². The van der Waals surface area contributed by atoms with E-state index in [4.69, 9.17) is 19.3 Å². The van der Waals surface area contributed by atoms with E-state index in [0.717, 1.165) is 11.8 Å². The van der Waals surface area contributed by atoms with E-state index >= 15 is 0 Å². The summed E-state index contributed by atoms with van der Waals surface area (Å²) in [4.78, 5) is 50.8. The zero-order valence-corrected chi connectivity index (χ0v) is 27.8. The number of aromatic nitrogens is 2. The number of thioether (sulfide) groups is 1. The predicted octanol–water partition coefficient (Wildman–Crippen LogP) is 2.97. The lowest BCUT2D eigenvalue weighted by molar-refractivity contribution is -0.120. The molecule has 2 heterocycles. The molecule has 2 N–H and O–H groups in total. The van der Waals surface area contributed by atoms with Crippen LogP contribution in [0.25, 0.3) is 0 Å². The van der Waals surface area contributed by atoms with Crippen LogP contribution in [0.5, 0.6) is 0 Å². The normalized spacial score (nSPS) is 20.6. The van der Waals surface area contributed by atoms with Crippen LogP contribution in [0, 0.1) is 29.1 Å². The van der Waals surface area contributed by atoms with Crippen LogP contribution in [-0.2, 0) is 23.6 Å². The fourth-order valence-corrected chi connectivity index (χ4v) is 8.18. The number of carbonyl (C=O) groups is 2. The molecule has 0 aliphatic carbocycles. The topological polar surface area (TPSA) is 156 Å². The number of nitrogens with zero attached hydrogens (tertiary/aromatic N) is 3. The van der Waals surface area contributed by atoms with Crippen molar-refractivity contribution >= 4 is 31.1 Å². The van der Waals surface area contributed by atoms with Gasteiger partial charge in [-0.2, -0.15) is 5.26 Å². The van der Waals surface area contributed by atoms with Crippen molar-refractivity contribution in [3.8, 4) is 17.9 Å². The van der Waals surface area contributed by atoms with Crippen molar-refractivity contribution in [1.29, 1.82) is 5.26 Å². The molecule has 2 unspecified atom stereocenters. The van der Waals surface area contributed by atoms with Gasteiger partial charge in [-0.15, -0.1) is 0 Å². The van der Waals surface area contributed by atoms with E-state index in [-0.39, 0.29) is 60.1 Å². The highest BCUT2D eigenvalue weighted by Gasteiger charge is 2.47. The van der Waals surface area contributed by atoms with Crippen molar-refractivity contribution in [2.75, 3.05) is 32.2 Å². The average Bonchev–Trinajstić information content (AvgIpc) is 3.28. The zero-order chi connectivity index (χ0) is 32.1. The molecule has 0 radical (unpaired) electrons. The molecule has 0 spiro atoms. The third kappa shape index (κ3) is 10.9. The molecular formula is C29H44N5O7PS. The first-order valence-corrected chi connectivity index (χ1v) is 16.8. The summed E-state index contributed by atoms with van der Waals surface area (Å²) < 4.78 is 22.3. The maximum Gasteiger partial charge on any atom is 0.330 e. The number of nitriles is 1. The van der Waals surface area contributed by atoms with Gasteiger partial charge in [0.1, 0.15) is 20.0 Å². The van der Waals surface area contributed by atoms with Crippen molar-refractivity contribution in [2.24, 2.45) is 5.92 Å². The molecule has 0 aromatic carbocycles. The number of hydrogen-bond acceptors (Lipinski definition) is 10. The summed E-state index contributed by atoms with van der Waals surface area (Å²) in [7, 11) is 0.454. The van der Waals surface area contributed by atoms with Crippen molar-refractivity contribution in [2.45, 2.75) is 91.3 Å². The second kappa shape index (κ2) is 18.3. The van der Waals surface area contributed by atoms with Crippen LogP contribution in [0.15, 0.2) is 15.8 Å². The molecule has 12 nitrogen and oxygen atoms in total. The molecule has 1 saturated heterocycles. The first-order chi connectivity index (χ1) is 20.4. The standard InChI is InChI=1S/C29H44N5O7PS/c1-8-24-23(18-42(40-15-10-13-30)34(19(2)3)20(4)5)26(39-7)28(41-24)33-17-22(27(37)32-29(33)38)11-9-14-31-25(36)12-16-43-21(6)35/h17,19-20,23-24,26,28H,8,10,12,14-16,18H2,1-7H3,(H,31,36)(H,32,37,38)/t23?,24-,26+,28-,42?/m1/s1. The van der Waals surface area contributed by atoms with E-state index in [9.17, 15) is 19.2 Å². The maximum absolute atomic E-state index is 13.0. The van der Waals surface area contributed by atoms with Gasteiger partial charge in [0, 0.05) is 56.6 Å². The molecule has 1 amide bonds. The lowest BCUT2D eigenvalue weighted by Gasteiger charge is -2.39. The molecule has 1 aromatic rings. The number of ether oxygens (including phenoxy) is 2. The largest absolute Gasteiger partial charge is 0.376 e. The monoisotopic (exact) mass is 637 g/mol. The molecule has 2 rings (SSSR count). The van der Waals surface area contributed by atoms with Crippen LogP contribution in [0.3, 0.4) is 0 Å². The van der Waals surface area contributed by atoms with Gasteiger partial charge in [-0.05, 0) is 34.1 Å². The van der Waals surface area contributed by atoms with E-state index in [1.165, 1.54) is 17.7 Å². The molecule has 43 heavy (non-hydrogen) atoms. The van der Waals surface area contributed by atoms with Crippen molar-refractivity contribution < 1.29 is 23.6 Å². The van der Waals surface area contributed by atoms with Crippen LogP contribution in [0.4, 0.5) is 0 Å². The average molecular weight is 638 g/mol. The summed E-state index contributed by atoms with van der Waals surface area (Å²) in [6, 6.07) is 2.56.